The van der Waals surface area contributed by atoms with Gasteiger partial charge in [-0.1, -0.05) is 74.7 Å². The summed E-state index contributed by atoms with van der Waals surface area (Å²) >= 11 is 0. The highest BCUT2D eigenvalue weighted by Crippen LogP contribution is 2.18. The summed E-state index contributed by atoms with van der Waals surface area (Å²) < 4.78 is 6.13. The lowest BCUT2D eigenvalue weighted by atomic mass is 10.1. The van der Waals surface area contributed by atoms with Gasteiger partial charge in [-0.05, 0) is 30.5 Å². The van der Waals surface area contributed by atoms with Gasteiger partial charge in [0.1, 0.15) is 5.75 Å². The van der Waals surface area contributed by atoms with Crippen LogP contribution in [-0.4, -0.2) is 48.0 Å². The van der Waals surface area contributed by atoms with Gasteiger partial charge in [0.15, 0.2) is 6.10 Å². The van der Waals surface area contributed by atoms with E-state index in [1.54, 1.807) is 0 Å². The highest BCUT2D eigenvalue weighted by molar-refractivity contribution is 5.81. The topological polar surface area (TPSA) is 32.8 Å². The molecule has 1 fully saturated rings. The zero-order chi connectivity index (χ0) is 20.3. The fourth-order valence-corrected chi connectivity index (χ4v) is 3.82. The summed E-state index contributed by atoms with van der Waals surface area (Å²) in [7, 11) is 0. The number of unbranched alkanes of at least 4 members (excludes halogenated alkanes) is 3. The Morgan fingerprint density at radius 1 is 0.897 bits per heavy atom. The summed E-state index contributed by atoms with van der Waals surface area (Å²) in [4.78, 5) is 17.6. The standard InChI is InChI=1S/C25H34N2O2/c1-2-3-4-11-16-24(29-23-14-9-6-10-15-23)25(28)27-19-17-26(18-20-27)21-22-12-7-5-8-13-22/h5-10,12-15,24H,2-4,11,16-21H2,1H3. The molecule has 1 heterocycles. The summed E-state index contributed by atoms with van der Waals surface area (Å²) in [5.74, 6) is 0.925. The van der Waals surface area contributed by atoms with Crippen molar-refractivity contribution in [3.05, 3.63) is 66.2 Å². The van der Waals surface area contributed by atoms with Crippen LogP contribution in [0.25, 0.3) is 0 Å². The van der Waals surface area contributed by atoms with Crippen molar-refractivity contribution in [2.24, 2.45) is 0 Å². The number of amides is 1. The first kappa shape index (κ1) is 21.4. The molecule has 1 amide bonds. The average Bonchev–Trinajstić information content (AvgIpc) is 2.77. The smallest absolute Gasteiger partial charge is 0.263 e. The van der Waals surface area contributed by atoms with Crippen LogP contribution in [0.5, 0.6) is 5.75 Å². The van der Waals surface area contributed by atoms with E-state index in [-0.39, 0.29) is 12.0 Å². The summed E-state index contributed by atoms with van der Waals surface area (Å²) in [6.45, 7) is 6.52. The molecule has 0 bridgehead atoms. The second-order valence-corrected chi connectivity index (χ2v) is 7.86. The predicted octanol–water partition coefficient (Wildman–Crippen LogP) is 4.75. The summed E-state index contributed by atoms with van der Waals surface area (Å²) in [5.41, 5.74) is 1.33. The maximum absolute atomic E-state index is 13.2. The SMILES string of the molecule is CCCCCCC(Oc1ccccc1)C(=O)N1CCN(Cc2ccccc2)CC1. The highest BCUT2D eigenvalue weighted by atomic mass is 16.5. The minimum Gasteiger partial charge on any atom is -0.481 e. The number of carbonyl (C=O) groups excluding carboxylic acids is 1. The first-order chi connectivity index (χ1) is 14.3. The molecule has 156 valence electrons. The Hall–Kier alpha value is -2.33. The van der Waals surface area contributed by atoms with Crippen LogP contribution in [0.2, 0.25) is 0 Å². The molecule has 0 N–H and O–H groups in total. The van der Waals surface area contributed by atoms with Crippen LogP contribution in [-0.2, 0) is 11.3 Å². The summed E-state index contributed by atoms with van der Waals surface area (Å²) in [5, 5.41) is 0. The van der Waals surface area contributed by atoms with Crippen molar-refractivity contribution in [2.75, 3.05) is 26.2 Å². The van der Waals surface area contributed by atoms with E-state index in [4.69, 9.17) is 4.74 Å². The maximum Gasteiger partial charge on any atom is 0.263 e. The van der Waals surface area contributed by atoms with Crippen molar-refractivity contribution in [3.63, 3.8) is 0 Å². The normalized spacial score (nSPS) is 15.8. The number of ether oxygens (including phenoxy) is 1. The fourth-order valence-electron chi connectivity index (χ4n) is 3.82. The van der Waals surface area contributed by atoms with Gasteiger partial charge < -0.3 is 9.64 Å². The summed E-state index contributed by atoms with van der Waals surface area (Å²) in [6.07, 6.45) is 5.01. The van der Waals surface area contributed by atoms with Crippen molar-refractivity contribution < 1.29 is 9.53 Å². The lowest BCUT2D eigenvalue weighted by Crippen LogP contribution is -2.52. The number of piperazine rings is 1. The molecular weight excluding hydrogens is 360 g/mol. The number of hydrogen-bond donors (Lipinski definition) is 0. The van der Waals surface area contributed by atoms with Crippen molar-refractivity contribution in [2.45, 2.75) is 51.7 Å². The van der Waals surface area contributed by atoms with Gasteiger partial charge in [0, 0.05) is 32.7 Å². The molecule has 0 aliphatic carbocycles. The molecule has 1 aliphatic rings. The third-order valence-electron chi connectivity index (χ3n) is 5.55. The van der Waals surface area contributed by atoms with E-state index in [1.807, 2.05) is 41.3 Å². The molecule has 0 aromatic heterocycles. The first-order valence-corrected chi connectivity index (χ1v) is 11.0. The van der Waals surface area contributed by atoms with Crippen molar-refractivity contribution in [1.29, 1.82) is 0 Å². The molecule has 0 saturated carbocycles. The monoisotopic (exact) mass is 394 g/mol. The van der Waals surface area contributed by atoms with E-state index in [2.05, 4.69) is 36.1 Å². The zero-order valence-corrected chi connectivity index (χ0v) is 17.6. The van der Waals surface area contributed by atoms with Crippen molar-refractivity contribution in [3.8, 4) is 5.75 Å². The largest absolute Gasteiger partial charge is 0.481 e. The van der Waals surface area contributed by atoms with Crippen LogP contribution in [0, 0.1) is 0 Å². The van der Waals surface area contributed by atoms with Gasteiger partial charge in [-0.15, -0.1) is 0 Å². The molecule has 2 aromatic carbocycles. The maximum atomic E-state index is 13.2. The van der Waals surface area contributed by atoms with Gasteiger partial charge in [0.25, 0.3) is 5.91 Å². The average molecular weight is 395 g/mol. The van der Waals surface area contributed by atoms with Gasteiger partial charge in [0.05, 0.1) is 0 Å². The Morgan fingerprint density at radius 3 is 2.21 bits per heavy atom. The van der Waals surface area contributed by atoms with Crippen molar-refractivity contribution in [1.82, 2.24) is 9.80 Å². The van der Waals surface area contributed by atoms with Crippen LogP contribution < -0.4 is 4.74 Å². The number of rotatable bonds is 10. The third kappa shape index (κ3) is 6.90. The van der Waals surface area contributed by atoms with Gasteiger partial charge in [0.2, 0.25) is 0 Å². The van der Waals surface area contributed by atoms with E-state index >= 15 is 0 Å². The number of carbonyl (C=O) groups is 1. The van der Waals surface area contributed by atoms with E-state index < -0.39 is 0 Å². The lowest BCUT2D eigenvalue weighted by molar-refractivity contribution is -0.141. The minimum absolute atomic E-state index is 0.143. The first-order valence-electron chi connectivity index (χ1n) is 11.0. The molecule has 0 spiro atoms. The molecule has 4 heteroatoms. The Labute approximate surface area is 175 Å². The molecule has 1 saturated heterocycles. The van der Waals surface area contributed by atoms with E-state index in [0.717, 1.165) is 57.7 Å². The minimum atomic E-state index is -0.380. The predicted molar refractivity (Wildman–Crippen MR) is 118 cm³/mol. The number of nitrogens with zero attached hydrogens (tertiary/aromatic N) is 2. The Bertz CT molecular complexity index is 712. The van der Waals surface area contributed by atoms with E-state index in [0.29, 0.717) is 0 Å². The van der Waals surface area contributed by atoms with Gasteiger partial charge in [-0.25, -0.2) is 0 Å². The molecular formula is C25H34N2O2. The van der Waals surface area contributed by atoms with Crippen LogP contribution in [0.4, 0.5) is 0 Å². The van der Waals surface area contributed by atoms with Crippen LogP contribution in [0.15, 0.2) is 60.7 Å². The molecule has 3 rings (SSSR count). The molecule has 1 unspecified atom stereocenters. The highest BCUT2D eigenvalue weighted by Gasteiger charge is 2.28. The van der Waals surface area contributed by atoms with E-state index in [9.17, 15) is 4.79 Å². The van der Waals surface area contributed by atoms with Gasteiger partial charge >= 0.3 is 0 Å². The van der Waals surface area contributed by atoms with Crippen LogP contribution >= 0.6 is 0 Å². The molecule has 2 aromatic rings. The summed E-state index contributed by atoms with van der Waals surface area (Å²) in [6, 6.07) is 20.3. The van der Waals surface area contributed by atoms with E-state index in [1.165, 1.54) is 18.4 Å². The molecule has 1 aliphatic heterocycles. The molecule has 4 nitrogen and oxygen atoms in total. The second-order valence-electron chi connectivity index (χ2n) is 7.86. The molecule has 0 radical (unpaired) electrons. The van der Waals surface area contributed by atoms with Gasteiger partial charge in [-0.2, -0.15) is 0 Å². The van der Waals surface area contributed by atoms with Crippen LogP contribution in [0.3, 0.4) is 0 Å². The lowest BCUT2D eigenvalue weighted by Gasteiger charge is -2.36. The second kappa shape index (κ2) is 11.6. The number of benzene rings is 2. The van der Waals surface area contributed by atoms with Crippen molar-refractivity contribution >= 4 is 5.91 Å². The van der Waals surface area contributed by atoms with Gasteiger partial charge in [-0.3, -0.25) is 9.69 Å². The third-order valence-corrected chi connectivity index (χ3v) is 5.55. The molecule has 1 atom stereocenters. The molecule has 29 heavy (non-hydrogen) atoms. The Kier molecular flexibility index (Phi) is 8.57. The zero-order valence-electron chi connectivity index (χ0n) is 17.6. The fraction of sp³-hybridized carbons (Fsp3) is 0.480. The number of para-hydroxylation sites is 1. The quantitative estimate of drug-likeness (QED) is 0.545. The van der Waals surface area contributed by atoms with Crippen LogP contribution in [0.1, 0.15) is 44.6 Å². The number of hydrogen-bond acceptors (Lipinski definition) is 3. The Balaban J connectivity index is 1.54. The Morgan fingerprint density at radius 2 is 1.55 bits per heavy atom.